The highest BCUT2D eigenvalue weighted by atomic mass is 16.2. The van der Waals surface area contributed by atoms with E-state index < -0.39 is 6.04 Å². The van der Waals surface area contributed by atoms with Gasteiger partial charge in [0.2, 0.25) is 0 Å². The van der Waals surface area contributed by atoms with Crippen LogP contribution in [0.3, 0.4) is 0 Å². The lowest BCUT2D eigenvalue weighted by atomic mass is 9.76. The summed E-state index contributed by atoms with van der Waals surface area (Å²) in [6, 6.07) is -0.453. The maximum Gasteiger partial charge on any atom is 0.255 e. The summed E-state index contributed by atoms with van der Waals surface area (Å²) in [6.45, 7) is 12.7. The van der Waals surface area contributed by atoms with Gasteiger partial charge in [0, 0.05) is 17.0 Å². The first-order chi connectivity index (χ1) is 8.10. The number of fused-ring (bicyclic) bond motifs is 1. The molecule has 1 amide bonds. The number of amides is 1. The lowest BCUT2D eigenvalue weighted by molar-refractivity contribution is -0.119. The van der Waals surface area contributed by atoms with E-state index in [4.69, 9.17) is 0 Å². The summed E-state index contributed by atoms with van der Waals surface area (Å²) in [5.41, 5.74) is 2.46. The van der Waals surface area contributed by atoms with Crippen LogP contribution in [0.4, 0.5) is 0 Å². The summed E-state index contributed by atoms with van der Waals surface area (Å²) in [4.78, 5) is 21.0. The number of nitrogens with one attached hydrogen (secondary N) is 1. The Kier molecular flexibility index (Phi) is 2.72. The molecule has 0 saturated heterocycles. The summed E-state index contributed by atoms with van der Waals surface area (Å²) in [5.74, 6) is -0.0801. The minimum atomic E-state index is -0.453. The third-order valence-corrected chi connectivity index (χ3v) is 3.04. The molecule has 1 unspecified atom stereocenters. The number of hydrogen-bond acceptors (Lipinski definition) is 3. The van der Waals surface area contributed by atoms with Crippen molar-refractivity contribution in [2.24, 2.45) is 20.8 Å². The van der Waals surface area contributed by atoms with Crippen molar-refractivity contribution in [1.29, 1.82) is 0 Å². The first kappa shape index (κ1) is 13.0. The van der Waals surface area contributed by atoms with E-state index in [-0.39, 0.29) is 16.7 Å². The van der Waals surface area contributed by atoms with Crippen molar-refractivity contribution in [3.63, 3.8) is 0 Å². The van der Waals surface area contributed by atoms with Crippen molar-refractivity contribution in [2.45, 2.75) is 47.6 Å². The summed E-state index contributed by atoms with van der Waals surface area (Å²) in [7, 11) is 0. The van der Waals surface area contributed by atoms with Gasteiger partial charge >= 0.3 is 0 Å². The highest BCUT2D eigenvalue weighted by molar-refractivity contribution is 6.46. The van der Waals surface area contributed by atoms with E-state index in [0.717, 1.165) is 17.1 Å². The zero-order chi connectivity index (χ0) is 13.7. The Labute approximate surface area is 108 Å². The lowest BCUT2D eigenvalue weighted by Gasteiger charge is -2.33. The molecule has 0 radical (unpaired) electrons. The fourth-order valence-electron chi connectivity index (χ4n) is 2.10. The minimum Gasteiger partial charge on any atom is -0.329 e. The standard InChI is InChI=1S/C14H21N3O/c1-13(2,3)10-11(14(4,5)6)17-9-8(16-10)7-15-12(9)18/h7,9H,1-6H3,(H,15,18). The second-order valence-electron chi connectivity index (χ2n) is 6.92. The fourth-order valence-corrected chi connectivity index (χ4v) is 2.10. The molecule has 1 N–H and O–H groups in total. The van der Waals surface area contributed by atoms with Gasteiger partial charge in [-0.05, 0) is 0 Å². The SMILES string of the molecule is CC(C)(C)C1=NC2=CNC(=O)C2N=C1C(C)(C)C. The van der Waals surface area contributed by atoms with E-state index >= 15 is 0 Å². The van der Waals surface area contributed by atoms with Crippen molar-refractivity contribution in [2.75, 3.05) is 0 Å². The second-order valence-corrected chi connectivity index (χ2v) is 6.92. The first-order valence-corrected chi connectivity index (χ1v) is 6.29. The number of rotatable bonds is 0. The smallest absolute Gasteiger partial charge is 0.255 e. The predicted molar refractivity (Wildman–Crippen MR) is 73.8 cm³/mol. The molecule has 0 fully saturated rings. The maximum atomic E-state index is 11.7. The van der Waals surface area contributed by atoms with Crippen LogP contribution in [0.1, 0.15) is 41.5 Å². The van der Waals surface area contributed by atoms with Crippen molar-refractivity contribution >= 4 is 17.3 Å². The highest BCUT2D eigenvalue weighted by Gasteiger charge is 2.39. The topological polar surface area (TPSA) is 53.8 Å². The molecule has 0 aromatic carbocycles. The molecular formula is C14H21N3O. The Bertz CT molecular complexity index is 484. The summed E-state index contributed by atoms with van der Waals surface area (Å²) in [6.07, 6.45) is 1.67. The molecule has 98 valence electrons. The molecule has 2 aliphatic heterocycles. The Morgan fingerprint density at radius 1 is 1.06 bits per heavy atom. The normalized spacial score (nSPS) is 24.0. The van der Waals surface area contributed by atoms with Crippen LogP contribution in [0.25, 0.3) is 0 Å². The van der Waals surface area contributed by atoms with Crippen LogP contribution < -0.4 is 5.32 Å². The van der Waals surface area contributed by atoms with E-state index in [2.05, 4.69) is 56.8 Å². The summed E-state index contributed by atoms with van der Waals surface area (Å²) in [5, 5.41) is 2.69. The van der Waals surface area contributed by atoms with Crippen LogP contribution in [-0.2, 0) is 4.79 Å². The van der Waals surface area contributed by atoms with Crippen molar-refractivity contribution < 1.29 is 4.79 Å². The van der Waals surface area contributed by atoms with E-state index in [1.54, 1.807) is 6.20 Å². The molecule has 2 aliphatic rings. The molecular weight excluding hydrogens is 226 g/mol. The fraction of sp³-hybridized carbons (Fsp3) is 0.643. The number of nitrogens with zero attached hydrogens (tertiary/aromatic N) is 2. The second kappa shape index (κ2) is 3.77. The quantitative estimate of drug-likeness (QED) is 0.701. The van der Waals surface area contributed by atoms with Crippen LogP contribution in [0, 0.1) is 10.8 Å². The van der Waals surface area contributed by atoms with E-state index in [9.17, 15) is 4.79 Å². The van der Waals surface area contributed by atoms with Gasteiger partial charge in [0.25, 0.3) is 5.91 Å². The molecule has 0 aromatic rings. The molecule has 2 heterocycles. The molecule has 0 saturated carbocycles. The third-order valence-electron chi connectivity index (χ3n) is 3.04. The monoisotopic (exact) mass is 247 g/mol. The summed E-state index contributed by atoms with van der Waals surface area (Å²) >= 11 is 0. The Hall–Kier alpha value is -1.45. The van der Waals surface area contributed by atoms with Crippen LogP contribution in [-0.4, -0.2) is 23.4 Å². The van der Waals surface area contributed by atoms with Gasteiger partial charge in [0.1, 0.15) is 0 Å². The molecule has 2 rings (SSSR count). The van der Waals surface area contributed by atoms with E-state index in [0.29, 0.717) is 0 Å². The summed E-state index contributed by atoms with van der Waals surface area (Å²) < 4.78 is 0. The number of carbonyl (C=O) groups excluding carboxylic acids is 1. The molecule has 0 aliphatic carbocycles. The van der Waals surface area contributed by atoms with Crippen molar-refractivity contribution in [3.8, 4) is 0 Å². The molecule has 1 atom stereocenters. The molecule has 4 heteroatoms. The number of aliphatic imine (C=N–C) groups is 2. The molecule has 0 spiro atoms. The maximum absolute atomic E-state index is 11.7. The van der Waals surface area contributed by atoms with Gasteiger partial charge < -0.3 is 5.32 Å². The van der Waals surface area contributed by atoms with Gasteiger partial charge in [-0.2, -0.15) is 0 Å². The first-order valence-electron chi connectivity index (χ1n) is 6.29. The van der Waals surface area contributed by atoms with Gasteiger partial charge in [-0.1, -0.05) is 41.5 Å². The minimum absolute atomic E-state index is 0.0798. The predicted octanol–water partition coefficient (Wildman–Crippen LogP) is 2.31. The largest absolute Gasteiger partial charge is 0.329 e. The average Bonchev–Trinajstić information content (AvgIpc) is 2.56. The molecule has 0 aromatic heterocycles. The van der Waals surface area contributed by atoms with Gasteiger partial charge in [-0.25, -0.2) is 0 Å². The Morgan fingerprint density at radius 2 is 1.61 bits per heavy atom. The number of carbonyl (C=O) groups is 1. The van der Waals surface area contributed by atoms with Crippen LogP contribution in [0.5, 0.6) is 0 Å². The lowest BCUT2D eigenvalue weighted by Crippen LogP contribution is -2.42. The third kappa shape index (κ3) is 2.11. The van der Waals surface area contributed by atoms with Gasteiger partial charge in [-0.15, -0.1) is 0 Å². The molecule has 18 heavy (non-hydrogen) atoms. The molecule has 4 nitrogen and oxygen atoms in total. The molecule has 0 bridgehead atoms. The Balaban J connectivity index is 2.54. The average molecular weight is 247 g/mol. The van der Waals surface area contributed by atoms with E-state index in [1.807, 2.05) is 0 Å². The van der Waals surface area contributed by atoms with Crippen LogP contribution in [0.2, 0.25) is 0 Å². The van der Waals surface area contributed by atoms with Gasteiger partial charge in [-0.3, -0.25) is 14.8 Å². The van der Waals surface area contributed by atoms with E-state index in [1.165, 1.54) is 0 Å². The number of hydrogen-bond donors (Lipinski definition) is 1. The van der Waals surface area contributed by atoms with Crippen molar-refractivity contribution in [1.82, 2.24) is 5.32 Å². The van der Waals surface area contributed by atoms with Crippen LogP contribution in [0.15, 0.2) is 21.9 Å². The Morgan fingerprint density at radius 3 is 2.11 bits per heavy atom. The zero-order valence-electron chi connectivity index (χ0n) is 12.0. The highest BCUT2D eigenvalue weighted by Crippen LogP contribution is 2.32. The van der Waals surface area contributed by atoms with Crippen LogP contribution >= 0.6 is 0 Å². The zero-order valence-corrected chi connectivity index (χ0v) is 12.0. The van der Waals surface area contributed by atoms with Crippen molar-refractivity contribution in [3.05, 3.63) is 11.9 Å². The van der Waals surface area contributed by atoms with Gasteiger partial charge in [0.05, 0.1) is 17.1 Å². The van der Waals surface area contributed by atoms with Gasteiger partial charge in [0.15, 0.2) is 6.04 Å².